The summed E-state index contributed by atoms with van der Waals surface area (Å²) in [4.78, 5) is 27.8. The molecule has 0 fully saturated rings. The molecule has 0 unspecified atom stereocenters. The monoisotopic (exact) mass is 365 g/mol. The molecule has 1 aromatic heterocycles. The fraction of sp³-hybridized carbons (Fsp3) is 0.273. The highest BCUT2D eigenvalue weighted by atomic mass is 16.6. The third kappa shape index (κ3) is 4.19. The predicted molar refractivity (Wildman–Crippen MR) is 104 cm³/mol. The van der Waals surface area contributed by atoms with Crippen LogP contribution in [0.3, 0.4) is 0 Å². The molecule has 0 aliphatic carbocycles. The molecule has 5 nitrogen and oxygen atoms in total. The number of aromatic amines is 1. The lowest BCUT2D eigenvalue weighted by Gasteiger charge is -2.15. The summed E-state index contributed by atoms with van der Waals surface area (Å²) >= 11 is 0. The number of rotatable bonds is 7. The zero-order valence-corrected chi connectivity index (χ0v) is 15.7. The smallest absolute Gasteiger partial charge is 0.344 e. The highest BCUT2D eigenvalue weighted by Gasteiger charge is 2.22. The Kier molecular flexibility index (Phi) is 5.60. The number of hydrogen-bond acceptors (Lipinski definition) is 4. The number of para-hydroxylation sites is 2. The number of ether oxygens (including phenoxy) is 2. The van der Waals surface area contributed by atoms with Crippen molar-refractivity contribution in [1.29, 1.82) is 0 Å². The van der Waals surface area contributed by atoms with Crippen molar-refractivity contribution in [2.75, 3.05) is 6.61 Å². The second kappa shape index (κ2) is 8.08. The first-order valence-corrected chi connectivity index (χ1v) is 8.99. The third-order valence-corrected chi connectivity index (χ3v) is 4.42. The number of benzene rings is 2. The second-order valence-corrected chi connectivity index (χ2v) is 6.73. The number of fused-ring (bicyclic) bond motifs is 1. The molecule has 0 aliphatic heterocycles. The van der Waals surface area contributed by atoms with Gasteiger partial charge in [0.25, 0.3) is 0 Å². The van der Waals surface area contributed by atoms with Crippen molar-refractivity contribution in [2.45, 2.75) is 32.8 Å². The van der Waals surface area contributed by atoms with Crippen molar-refractivity contribution in [3.63, 3.8) is 0 Å². The summed E-state index contributed by atoms with van der Waals surface area (Å²) < 4.78 is 10.9. The minimum atomic E-state index is -0.888. The normalized spacial score (nSPS) is 12.1. The molecule has 1 N–H and O–H groups in total. The maximum Gasteiger partial charge on any atom is 0.344 e. The molecule has 0 spiro atoms. The molecule has 0 bridgehead atoms. The maximum absolute atomic E-state index is 12.6. The van der Waals surface area contributed by atoms with Crippen LogP contribution >= 0.6 is 0 Å². The van der Waals surface area contributed by atoms with Crippen molar-refractivity contribution >= 4 is 22.7 Å². The number of aromatic nitrogens is 1. The van der Waals surface area contributed by atoms with Gasteiger partial charge in [-0.25, -0.2) is 4.79 Å². The number of Topliss-reactive ketones (excluding diaryl/α,β-unsaturated/α-hetero) is 1. The van der Waals surface area contributed by atoms with E-state index in [-0.39, 0.29) is 18.3 Å². The maximum atomic E-state index is 12.6. The Morgan fingerprint density at radius 1 is 1.00 bits per heavy atom. The SMILES string of the molecule is CC(C)c1ccccc1OCC(=O)O[C@H](C)C(=O)c1c[nH]c2ccccc12. The van der Waals surface area contributed by atoms with Crippen LogP contribution in [0.15, 0.2) is 54.7 Å². The zero-order valence-electron chi connectivity index (χ0n) is 15.7. The van der Waals surface area contributed by atoms with Crippen molar-refractivity contribution in [3.05, 3.63) is 65.9 Å². The van der Waals surface area contributed by atoms with Crippen LogP contribution in [0.1, 0.15) is 42.6 Å². The van der Waals surface area contributed by atoms with Gasteiger partial charge in [-0.15, -0.1) is 0 Å². The van der Waals surface area contributed by atoms with Crippen LogP contribution in [0.2, 0.25) is 0 Å². The molecule has 140 valence electrons. The molecule has 0 saturated carbocycles. The summed E-state index contributed by atoms with van der Waals surface area (Å²) in [5.41, 5.74) is 2.40. The Bertz CT molecular complexity index is 958. The molecule has 5 heteroatoms. The minimum absolute atomic E-state index is 0.241. The van der Waals surface area contributed by atoms with E-state index in [4.69, 9.17) is 9.47 Å². The number of ketones is 1. The van der Waals surface area contributed by atoms with Gasteiger partial charge in [0.15, 0.2) is 12.7 Å². The van der Waals surface area contributed by atoms with Crippen LogP contribution in [0.5, 0.6) is 5.75 Å². The number of hydrogen-bond donors (Lipinski definition) is 1. The van der Waals surface area contributed by atoms with Gasteiger partial charge in [-0.1, -0.05) is 50.2 Å². The van der Waals surface area contributed by atoms with Crippen molar-refractivity contribution < 1.29 is 19.1 Å². The van der Waals surface area contributed by atoms with Crippen molar-refractivity contribution in [3.8, 4) is 5.75 Å². The lowest BCUT2D eigenvalue weighted by Crippen LogP contribution is -2.27. The second-order valence-electron chi connectivity index (χ2n) is 6.73. The molecule has 0 amide bonds. The summed E-state index contributed by atoms with van der Waals surface area (Å²) in [6.45, 7) is 5.45. The molecule has 0 saturated heterocycles. The molecule has 3 rings (SSSR count). The van der Waals surface area contributed by atoms with Gasteiger partial charge in [-0.3, -0.25) is 4.79 Å². The van der Waals surface area contributed by atoms with Gasteiger partial charge in [0.1, 0.15) is 5.75 Å². The van der Waals surface area contributed by atoms with Gasteiger partial charge < -0.3 is 14.5 Å². The number of esters is 1. The van der Waals surface area contributed by atoms with E-state index < -0.39 is 12.1 Å². The topological polar surface area (TPSA) is 68.4 Å². The van der Waals surface area contributed by atoms with Gasteiger partial charge in [0.2, 0.25) is 5.78 Å². The number of nitrogens with one attached hydrogen (secondary N) is 1. The first-order chi connectivity index (χ1) is 13.0. The first kappa shape index (κ1) is 18.7. The average Bonchev–Trinajstić information content (AvgIpc) is 3.10. The Morgan fingerprint density at radius 2 is 1.70 bits per heavy atom. The molecular weight excluding hydrogens is 342 g/mol. The zero-order chi connectivity index (χ0) is 19.4. The van der Waals surface area contributed by atoms with Gasteiger partial charge in [-0.2, -0.15) is 0 Å². The number of carbonyl (C=O) groups is 2. The highest BCUT2D eigenvalue weighted by molar-refractivity contribution is 6.10. The Labute approximate surface area is 158 Å². The minimum Gasteiger partial charge on any atom is -0.482 e. The van der Waals surface area contributed by atoms with Gasteiger partial charge in [0, 0.05) is 22.7 Å². The Balaban J connectivity index is 1.62. The molecule has 1 heterocycles. The van der Waals surface area contributed by atoms with E-state index in [1.54, 1.807) is 13.1 Å². The highest BCUT2D eigenvalue weighted by Crippen LogP contribution is 2.26. The molecule has 27 heavy (non-hydrogen) atoms. The fourth-order valence-corrected chi connectivity index (χ4v) is 3.00. The van der Waals surface area contributed by atoms with E-state index in [1.807, 2.05) is 48.5 Å². The van der Waals surface area contributed by atoms with E-state index in [2.05, 4.69) is 18.8 Å². The largest absolute Gasteiger partial charge is 0.482 e. The summed E-state index contributed by atoms with van der Waals surface area (Å²) in [7, 11) is 0. The van der Waals surface area contributed by atoms with E-state index in [1.165, 1.54) is 0 Å². The van der Waals surface area contributed by atoms with Crippen LogP contribution in [0, 0.1) is 0 Å². The van der Waals surface area contributed by atoms with E-state index >= 15 is 0 Å². The van der Waals surface area contributed by atoms with Crippen LogP contribution in [-0.4, -0.2) is 29.4 Å². The average molecular weight is 365 g/mol. The standard InChI is InChI=1S/C22H23NO4/c1-14(2)16-8-5-7-11-20(16)26-13-21(24)27-15(3)22(25)18-12-23-19-10-6-4-9-17(18)19/h4-12,14-15,23H,13H2,1-3H3/t15-/m1/s1. The fourth-order valence-electron chi connectivity index (χ4n) is 3.00. The summed E-state index contributed by atoms with van der Waals surface area (Å²) in [6.07, 6.45) is 0.757. The van der Waals surface area contributed by atoms with E-state index in [0.29, 0.717) is 11.3 Å². The quantitative estimate of drug-likeness (QED) is 0.495. The summed E-state index contributed by atoms with van der Waals surface area (Å²) in [5, 5.41) is 0.813. The molecule has 1 atom stereocenters. The summed E-state index contributed by atoms with van der Waals surface area (Å²) in [6, 6.07) is 15.1. The van der Waals surface area contributed by atoms with Crippen LogP contribution in [-0.2, 0) is 9.53 Å². The van der Waals surface area contributed by atoms with Gasteiger partial charge >= 0.3 is 5.97 Å². The van der Waals surface area contributed by atoms with Crippen molar-refractivity contribution in [2.24, 2.45) is 0 Å². The van der Waals surface area contributed by atoms with E-state index in [9.17, 15) is 9.59 Å². The summed E-state index contributed by atoms with van der Waals surface area (Å²) in [5.74, 6) is 0.109. The Morgan fingerprint density at radius 3 is 2.48 bits per heavy atom. The predicted octanol–water partition coefficient (Wildman–Crippen LogP) is 4.48. The van der Waals surface area contributed by atoms with E-state index in [0.717, 1.165) is 16.5 Å². The number of carbonyl (C=O) groups excluding carboxylic acids is 2. The van der Waals surface area contributed by atoms with Crippen LogP contribution < -0.4 is 4.74 Å². The lowest BCUT2D eigenvalue weighted by molar-refractivity contribution is -0.148. The van der Waals surface area contributed by atoms with Gasteiger partial charge in [-0.05, 0) is 30.5 Å². The number of H-pyrrole nitrogens is 1. The third-order valence-electron chi connectivity index (χ3n) is 4.42. The van der Waals surface area contributed by atoms with Crippen LogP contribution in [0.25, 0.3) is 10.9 Å². The first-order valence-electron chi connectivity index (χ1n) is 8.99. The van der Waals surface area contributed by atoms with Crippen molar-refractivity contribution in [1.82, 2.24) is 4.98 Å². The molecular formula is C22H23NO4. The van der Waals surface area contributed by atoms with Gasteiger partial charge in [0.05, 0.1) is 0 Å². The molecule has 0 radical (unpaired) electrons. The Hall–Kier alpha value is -3.08. The molecule has 3 aromatic rings. The molecule has 2 aromatic carbocycles. The lowest BCUT2D eigenvalue weighted by atomic mass is 10.0. The molecule has 0 aliphatic rings. The van der Waals surface area contributed by atoms with Crippen LogP contribution in [0.4, 0.5) is 0 Å².